The van der Waals surface area contributed by atoms with Crippen molar-refractivity contribution in [3.8, 4) is 16.2 Å². The van der Waals surface area contributed by atoms with E-state index in [-0.39, 0.29) is 23.0 Å². The Hall–Kier alpha value is -3.83. The van der Waals surface area contributed by atoms with E-state index in [4.69, 9.17) is 0 Å². The lowest BCUT2D eigenvalue weighted by Crippen LogP contribution is -2.54. The van der Waals surface area contributed by atoms with Crippen molar-refractivity contribution < 1.29 is 14.7 Å². The molecular weight excluding hydrogens is 466 g/mol. The molecule has 10 nitrogen and oxygen atoms in total. The van der Waals surface area contributed by atoms with Gasteiger partial charge in [-0.25, -0.2) is 4.52 Å². The second-order valence-electron chi connectivity index (χ2n) is 9.46. The van der Waals surface area contributed by atoms with E-state index in [2.05, 4.69) is 44.4 Å². The number of rotatable bonds is 6. The number of anilines is 2. The highest BCUT2D eigenvalue weighted by molar-refractivity contribution is 7.21. The van der Waals surface area contributed by atoms with Gasteiger partial charge in [0.25, 0.3) is 5.91 Å². The lowest BCUT2D eigenvalue weighted by atomic mass is 9.84. The van der Waals surface area contributed by atoms with Crippen LogP contribution in [0.25, 0.3) is 15.3 Å². The molecule has 1 aliphatic heterocycles. The summed E-state index contributed by atoms with van der Waals surface area (Å²) in [6.07, 6.45) is 7.80. The van der Waals surface area contributed by atoms with Gasteiger partial charge in [-0.3, -0.25) is 24.5 Å². The summed E-state index contributed by atoms with van der Waals surface area (Å²) < 4.78 is 1.60. The fourth-order valence-corrected chi connectivity index (χ4v) is 5.35. The van der Waals surface area contributed by atoms with Gasteiger partial charge in [0, 0.05) is 31.0 Å². The van der Waals surface area contributed by atoms with E-state index in [9.17, 15) is 14.7 Å². The summed E-state index contributed by atoms with van der Waals surface area (Å²) in [6, 6.07) is 3.41. The van der Waals surface area contributed by atoms with E-state index < -0.39 is 0 Å². The van der Waals surface area contributed by atoms with Crippen LogP contribution in [-0.4, -0.2) is 61.0 Å². The minimum Gasteiger partial charge on any atom is -0.506 e. The smallest absolute Gasteiger partial charge is 0.260 e. The zero-order chi connectivity index (χ0) is 24.7. The van der Waals surface area contributed by atoms with E-state index in [0.29, 0.717) is 39.6 Å². The van der Waals surface area contributed by atoms with Crippen LogP contribution in [0.1, 0.15) is 29.9 Å². The molecule has 3 N–H and O–H groups in total. The second kappa shape index (κ2) is 8.75. The lowest BCUT2D eigenvalue weighted by Gasteiger charge is -2.45. The average Bonchev–Trinajstić information content (AvgIpc) is 3.36. The largest absolute Gasteiger partial charge is 0.506 e. The molecule has 0 unspecified atom stereocenters. The molecule has 1 fully saturated rings. The van der Waals surface area contributed by atoms with Gasteiger partial charge >= 0.3 is 0 Å². The van der Waals surface area contributed by atoms with Crippen molar-refractivity contribution >= 4 is 39.4 Å². The summed E-state index contributed by atoms with van der Waals surface area (Å²) in [5, 5.41) is 20.1. The van der Waals surface area contributed by atoms with Gasteiger partial charge in [-0.15, -0.1) is 11.3 Å². The van der Waals surface area contributed by atoms with Crippen LogP contribution >= 0.6 is 11.3 Å². The van der Waals surface area contributed by atoms with Crippen molar-refractivity contribution in [2.45, 2.75) is 20.8 Å². The third-order valence-corrected chi connectivity index (χ3v) is 6.94. The molecule has 1 saturated heterocycles. The molecule has 2 amide bonds. The summed E-state index contributed by atoms with van der Waals surface area (Å²) in [4.78, 5) is 37.2. The number of carbonyl (C=O) groups is 2. The number of fused-ring (bicyclic) bond motifs is 1. The molecule has 0 radical (unpaired) electrons. The van der Waals surface area contributed by atoms with Crippen LogP contribution in [0.2, 0.25) is 0 Å². The first-order valence-electron chi connectivity index (χ1n) is 11.1. The summed E-state index contributed by atoms with van der Waals surface area (Å²) in [5.74, 6) is -0.405. The summed E-state index contributed by atoms with van der Waals surface area (Å²) >= 11 is 1.34. The van der Waals surface area contributed by atoms with Crippen molar-refractivity contribution in [2.24, 2.45) is 5.41 Å². The summed E-state index contributed by atoms with van der Waals surface area (Å²) in [6.45, 7) is 8.23. The van der Waals surface area contributed by atoms with Crippen LogP contribution in [-0.2, 0) is 4.79 Å². The van der Waals surface area contributed by atoms with Gasteiger partial charge < -0.3 is 15.7 Å². The summed E-state index contributed by atoms with van der Waals surface area (Å²) in [5.41, 5.74) is 2.90. The molecule has 5 heterocycles. The normalized spacial score (nSPS) is 15.1. The Morgan fingerprint density at radius 2 is 2.00 bits per heavy atom. The molecule has 11 heteroatoms. The van der Waals surface area contributed by atoms with E-state index in [1.54, 1.807) is 42.2 Å². The average molecular weight is 492 g/mol. The minimum absolute atomic E-state index is 0.0568. The zero-order valence-corrected chi connectivity index (χ0v) is 20.4. The minimum atomic E-state index is -0.344. The highest BCUT2D eigenvalue weighted by Crippen LogP contribution is 2.35. The van der Waals surface area contributed by atoms with Crippen LogP contribution < -0.4 is 10.6 Å². The Labute approximate surface area is 205 Å². The molecule has 35 heavy (non-hydrogen) atoms. The zero-order valence-electron chi connectivity index (χ0n) is 19.6. The van der Waals surface area contributed by atoms with E-state index in [0.717, 1.165) is 18.0 Å². The number of hydrogen-bond acceptors (Lipinski definition) is 8. The van der Waals surface area contributed by atoms with Crippen molar-refractivity contribution in [1.29, 1.82) is 0 Å². The monoisotopic (exact) mass is 491 g/mol. The van der Waals surface area contributed by atoms with Gasteiger partial charge in [0.2, 0.25) is 5.91 Å². The molecule has 0 spiro atoms. The second-order valence-corrected chi connectivity index (χ2v) is 10.5. The fourth-order valence-electron chi connectivity index (χ4n) is 4.26. The van der Waals surface area contributed by atoms with Crippen molar-refractivity contribution in [3.63, 3.8) is 0 Å². The summed E-state index contributed by atoms with van der Waals surface area (Å²) in [7, 11) is 0. The third-order valence-electron chi connectivity index (χ3n) is 5.80. The molecule has 0 bridgehead atoms. The highest BCUT2D eigenvalue weighted by atomic mass is 32.1. The molecule has 4 aromatic heterocycles. The van der Waals surface area contributed by atoms with E-state index in [1.165, 1.54) is 23.7 Å². The van der Waals surface area contributed by atoms with Gasteiger partial charge in [0.05, 0.1) is 52.6 Å². The number of carbonyl (C=O) groups excluding carboxylic acids is 2. The van der Waals surface area contributed by atoms with Crippen molar-refractivity contribution in [1.82, 2.24) is 24.5 Å². The molecule has 0 atom stereocenters. The van der Waals surface area contributed by atoms with Crippen molar-refractivity contribution in [2.75, 3.05) is 30.3 Å². The van der Waals surface area contributed by atoms with Crippen LogP contribution in [0.3, 0.4) is 0 Å². The number of aromatic hydroxyl groups is 1. The first-order chi connectivity index (χ1) is 16.7. The lowest BCUT2D eigenvalue weighted by molar-refractivity contribution is -0.120. The standard InChI is InChI=1S/C24H25N7O3S/c1-14-18(6-15(7-26-14)28-21(33)11-30-12-24(2,3)13-30)29-22(34)17-8-27-31-10-20(35-23(17)31)16-4-5-25-9-19(16)32/h4-10,32H,11-13H2,1-3H3,(H,28,33)(H,29,34). The van der Waals surface area contributed by atoms with Crippen LogP contribution in [0.4, 0.5) is 11.4 Å². The topological polar surface area (TPSA) is 125 Å². The molecule has 0 saturated carbocycles. The Bertz CT molecular complexity index is 1430. The fraction of sp³-hybridized carbons (Fsp3) is 0.292. The predicted molar refractivity (Wildman–Crippen MR) is 134 cm³/mol. The van der Waals surface area contributed by atoms with Gasteiger partial charge in [0.1, 0.15) is 10.6 Å². The number of aryl methyl sites for hydroxylation is 1. The number of amides is 2. The number of pyridine rings is 2. The molecule has 180 valence electrons. The first-order valence-corrected chi connectivity index (χ1v) is 11.9. The maximum absolute atomic E-state index is 13.1. The van der Waals surface area contributed by atoms with Gasteiger partial charge in [-0.1, -0.05) is 13.8 Å². The Morgan fingerprint density at radius 1 is 1.20 bits per heavy atom. The number of likely N-dealkylation sites (tertiary alicyclic amines) is 1. The SMILES string of the molecule is Cc1ncc(NC(=O)CN2CC(C)(C)C2)cc1NC(=O)c1cnn2cc(-c3ccncc3O)sc12. The quantitative estimate of drug-likeness (QED) is 0.378. The highest BCUT2D eigenvalue weighted by Gasteiger charge is 2.34. The third kappa shape index (κ3) is 4.73. The maximum Gasteiger partial charge on any atom is 0.260 e. The number of aromatic nitrogens is 4. The first kappa shape index (κ1) is 22.9. The van der Waals surface area contributed by atoms with Crippen LogP contribution in [0.5, 0.6) is 5.75 Å². The number of nitrogens with one attached hydrogen (secondary N) is 2. The molecule has 5 rings (SSSR count). The van der Waals surface area contributed by atoms with Crippen LogP contribution in [0.15, 0.2) is 43.1 Å². The molecule has 1 aliphatic rings. The molecule has 4 aromatic rings. The predicted octanol–water partition coefficient (Wildman–Crippen LogP) is 3.40. The van der Waals surface area contributed by atoms with E-state index in [1.807, 2.05) is 0 Å². The van der Waals surface area contributed by atoms with Gasteiger partial charge in [0.15, 0.2) is 0 Å². The Morgan fingerprint density at radius 3 is 2.74 bits per heavy atom. The van der Waals surface area contributed by atoms with Gasteiger partial charge in [-0.05, 0) is 24.5 Å². The van der Waals surface area contributed by atoms with Crippen molar-refractivity contribution in [3.05, 3.63) is 54.4 Å². The maximum atomic E-state index is 13.1. The van der Waals surface area contributed by atoms with Gasteiger partial charge in [-0.2, -0.15) is 5.10 Å². The molecule has 0 aliphatic carbocycles. The molecule has 0 aromatic carbocycles. The molecular formula is C24H25N7O3S. The van der Waals surface area contributed by atoms with Crippen LogP contribution in [0, 0.1) is 12.3 Å². The number of nitrogens with zero attached hydrogens (tertiary/aromatic N) is 5. The Balaban J connectivity index is 1.31. The number of hydrogen-bond donors (Lipinski definition) is 3. The van der Waals surface area contributed by atoms with E-state index >= 15 is 0 Å². The number of thiazole rings is 1. The Kier molecular flexibility index (Phi) is 5.73.